The molecule has 0 amide bonds. The summed E-state index contributed by atoms with van der Waals surface area (Å²) in [5.41, 5.74) is 11.2. The van der Waals surface area contributed by atoms with Crippen LogP contribution < -0.4 is 11.1 Å². The molecule has 84 valence electrons. The van der Waals surface area contributed by atoms with Crippen LogP contribution >= 0.6 is 0 Å². The van der Waals surface area contributed by atoms with Crippen LogP contribution in [0, 0.1) is 20.8 Å². The van der Waals surface area contributed by atoms with Crippen LogP contribution in [-0.4, -0.2) is 12.6 Å². The standard InChI is InChI=1S/C13H22N2/c1-9-5-10(2)13(11(3)6-9)8-15-7-12(4)14/h5-6,12,15H,7-8,14H2,1-4H3. The summed E-state index contributed by atoms with van der Waals surface area (Å²) in [5.74, 6) is 0. The average Bonchev–Trinajstić information content (AvgIpc) is 2.08. The second-order valence-corrected chi connectivity index (χ2v) is 4.49. The van der Waals surface area contributed by atoms with Crippen LogP contribution in [-0.2, 0) is 6.54 Å². The Bertz CT molecular complexity index is 306. The van der Waals surface area contributed by atoms with Gasteiger partial charge in [0.05, 0.1) is 0 Å². The number of nitrogens with one attached hydrogen (secondary N) is 1. The summed E-state index contributed by atoms with van der Waals surface area (Å²) in [5, 5.41) is 3.38. The zero-order chi connectivity index (χ0) is 11.4. The fourth-order valence-electron chi connectivity index (χ4n) is 1.91. The van der Waals surface area contributed by atoms with Crippen LogP contribution in [0.1, 0.15) is 29.2 Å². The molecule has 0 saturated heterocycles. The van der Waals surface area contributed by atoms with Gasteiger partial charge in [-0.05, 0) is 44.4 Å². The number of hydrogen-bond acceptors (Lipinski definition) is 2. The predicted molar refractivity (Wildman–Crippen MR) is 66.0 cm³/mol. The Morgan fingerprint density at radius 2 is 1.73 bits per heavy atom. The van der Waals surface area contributed by atoms with Gasteiger partial charge < -0.3 is 11.1 Å². The third kappa shape index (κ3) is 3.65. The molecule has 1 rings (SSSR count). The Balaban J connectivity index is 2.68. The lowest BCUT2D eigenvalue weighted by atomic mass is 10.00. The second-order valence-electron chi connectivity index (χ2n) is 4.49. The molecule has 0 aliphatic rings. The van der Waals surface area contributed by atoms with Crippen molar-refractivity contribution in [2.24, 2.45) is 5.73 Å². The number of hydrogen-bond donors (Lipinski definition) is 2. The van der Waals surface area contributed by atoms with Gasteiger partial charge >= 0.3 is 0 Å². The molecule has 0 aliphatic heterocycles. The quantitative estimate of drug-likeness (QED) is 0.791. The Hall–Kier alpha value is -0.860. The van der Waals surface area contributed by atoms with Crippen LogP contribution in [0.2, 0.25) is 0 Å². The Morgan fingerprint density at radius 1 is 1.20 bits per heavy atom. The highest BCUT2D eigenvalue weighted by atomic mass is 14.9. The van der Waals surface area contributed by atoms with E-state index in [2.05, 4.69) is 38.2 Å². The molecule has 0 heterocycles. The van der Waals surface area contributed by atoms with Gasteiger partial charge in [-0.2, -0.15) is 0 Å². The summed E-state index contributed by atoms with van der Waals surface area (Å²) in [6.07, 6.45) is 0. The van der Waals surface area contributed by atoms with Gasteiger partial charge in [0.15, 0.2) is 0 Å². The molecule has 0 aliphatic carbocycles. The van der Waals surface area contributed by atoms with Crippen molar-refractivity contribution in [2.75, 3.05) is 6.54 Å². The van der Waals surface area contributed by atoms with Crippen LogP contribution in [0.3, 0.4) is 0 Å². The predicted octanol–water partition coefficient (Wildman–Crippen LogP) is 2.05. The molecule has 1 unspecified atom stereocenters. The summed E-state index contributed by atoms with van der Waals surface area (Å²) in [7, 11) is 0. The van der Waals surface area contributed by atoms with Gasteiger partial charge in [-0.1, -0.05) is 17.7 Å². The van der Waals surface area contributed by atoms with E-state index in [4.69, 9.17) is 5.73 Å². The topological polar surface area (TPSA) is 38.0 Å². The molecular weight excluding hydrogens is 184 g/mol. The maximum Gasteiger partial charge on any atom is 0.0211 e. The Kier molecular flexibility index (Phi) is 4.30. The van der Waals surface area contributed by atoms with Crippen molar-refractivity contribution in [3.05, 3.63) is 34.4 Å². The van der Waals surface area contributed by atoms with Gasteiger partial charge in [-0.25, -0.2) is 0 Å². The summed E-state index contributed by atoms with van der Waals surface area (Å²) >= 11 is 0. The monoisotopic (exact) mass is 206 g/mol. The van der Waals surface area contributed by atoms with Crippen molar-refractivity contribution in [1.82, 2.24) is 5.32 Å². The van der Waals surface area contributed by atoms with Crippen molar-refractivity contribution in [1.29, 1.82) is 0 Å². The summed E-state index contributed by atoms with van der Waals surface area (Å²) in [4.78, 5) is 0. The molecule has 1 aromatic rings. The van der Waals surface area contributed by atoms with Crippen LogP contribution in [0.4, 0.5) is 0 Å². The first-order valence-electron chi connectivity index (χ1n) is 5.53. The number of aryl methyl sites for hydroxylation is 3. The first-order chi connectivity index (χ1) is 7.00. The highest BCUT2D eigenvalue weighted by molar-refractivity contribution is 5.37. The molecule has 0 fully saturated rings. The van der Waals surface area contributed by atoms with Crippen molar-refractivity contribution in [3.63, 3.8) is 0 Å². The van der Waals surface area contributed by atoms with Gasteiger partial charge in [0, 0.05) is 19.1 Å². The van der Waals surface area contributed by atoms with E-state index in [9.17, 15) is 0 Å². The zero-order valence-corrected chi connectivity index (χ0v) is 10.2. The smallest absolute Gasteiger partial charge is 0.0211 e. The largest absolute Gasteiger partial charge is 0.327 e. The van der Waals surface area contributed by atoms with Crippen molar-refractivity contribution in [3.8, 4) is 0 Å². The lowest BCUT2D eigenvalue weighted by molar-refractivity contribution is 0.606. The van der Waals surface area contributed by atoms with Gasteiger partial charge in [-0.3, -0.25) is 0 Å². The highest BCUT2D eigenvalue weighted by Crippen LogP contribution is 2.15. The first-order valence-corrected chi connectivity index (χ1v) is 5.53. The van der Waals surface area contributed by atoms with E-state index < -0.39 is 0 Å². The van der Waals surface area contributed by atoms with Gasteiger partial charge in [0.25, 0.3) is 0 Å². The number of rotatable bonds is 4. The van der Waals surface area contributed by atoms with E-state index >= 15 is 0 Å². The SMILES string of the molecule is Cc1cc(C)c(CNCC(C)N)c(C)c1. The third-order valence-corrected chi connectivity index (χ3v) is 2.61. The minimum absolute atomic E-state index is 0.219. The maximum absolute atomic E-state index is 5.69. The average molecular weight is 206 g/mol. The molecule has 1 atom stereocenters. The third-order valence-electron chi connectivity index (χ3n) is 2.61. The molecule has 0 bridgehead atoms. The van der Waals surface area contributed by atoms with Crippen molar-refractivity contribution < 1.29 is 0 Å². The Labute approximate surface area is 92.9 Å². The van der Waals surface area contributed by atoms with Gasteiger partial charge in [0.2, 0.25) is 0 Å². The fourth-order valence-corrected chi connectivity index (χ4v) is 1.91. The Morgan fingerprint density at radius 3 is 2.20 bits per heavy atom. The minimum atomic E-state index is 0.219. The molecule has 0 aromatic heterocycles. The summed E-state index contributed by atoms with van der Waals surface area (Å²) in [6.45, 7) is 10.3. The molecular formula is C13H22N2. The molecule has 0 saturated carbocycles. The van der Waals surface area contributed by atoms with E-state index in [0.717, 1.165) is 13.1 Å². The molecule has 15 heavy (non-hydrogen) atoms. The van der Waals surface area contributed by atoms with Crippen LogP contribution in [0.25, 0.3) is 0 Å². The molecule has 0 spiro atoms. The van der Waals surface area contributed by atoms with E-state index in [1.54, 1.807) is 0 Å². The fraction of sp³-hybridized carbons (Fsp3) is 0.538. The lowest BCUT2D eigenvalue weighted by Crippen LogP contribution is -2.31. The minimum Gasteiger partial charge on any atom is -0.327 e. The van der Waals surface area contributed by atoms with Crippen molar-refractivity contribution >= 4 is 0 Å². The summed E-state index contributed by atoms with van der Waals surface area (Å²) in [6, 6.07) is 4.68. The van der Waals surface area contributed by atoms with E-state index in [-0.39, 0.29) is 6.04 Å². The number of nitrogens with two attached hydrogens (primary N) is 1. The zero-order valence-electron chi connectivity index (χ0n) is 10.2. The summed E-state index contributed by atoms with van der Waals surface area (Å²) < 4.78 is 0. The van der Waals surface area contributed by atoms with Crippen LogP contribution in [0.15, 0.2) is 12.1 Å². The normalized spacial score (nSPS) is 12.9. The van der Waals surface area contributed by atoms with E-state index in [0.29, 0.717) is 0 Å². The van der Waals surface area contributed by atoms with Crippen LogP contribution in [0.5, 0.6) is 0 Å². The molecule has 3 N–H and O–H groups in total. The maximum atomic E-state index is 5.69. The highest BCUT2D eigenvalue weighted by Gasteiger charge is 2.03. The molecule has 1 aromatic carbocycles. The lowest BCUT2D eigenvalue weighted by Gasteiger charge is -2.13. The first kappa shape index (κ1) is 12.2. The molecule has 0 radical (unpaired) electrons. The van der Waals surface area contributed by atoms with E-state index in [1.165, 1.54) is 22.3 Å². The number of benzene rings is 1. The molecule has 2 heteroatoms. The second kappa shape index (κ2) is 5.29. The van der Waals surface area contributed by atoms with Gasteiger partial charge in [0.1, 0.15) is 0 Å². The molecule has 2 nitrogen and oxygen atoms in total. The van der Waals surface area contributed by atoms with Crippen molar-refractivity contribution in [2.45, 2.75) is 40.3 Å². The van der Waals surface area contributed by atoms with E-state index in [1.807, 2.05) is 6.92 Å². The van der Waals surface area contributed by atoms with Gasteiger partial charge in [-0.15, -0.1) is 0 Å².